The van der Waals surface area contributed by atoms with Crippen LogP contribution >= 0.6 is 0 Å². The molecule has 3 fully saturated rings. The molecule has 0 bridgehead atoms. The Morgan fingerprint density at radius 2 is 1.83 bits per heavy atom. The van der Waals surface area contributed by atoms with Crippen molar-refractivity contribution < 1.29 is 18.0 Å². The van der Waals surface area contributed by atoms with Gasteiger partial charge >= 0.3 is 0 Å². The summed E-state index contributed by atoms with van der Waals surface area (Å²) in [6.45, 7) is 8.85. The van der Waals surface area contributed by atoms with Crippen LogP contribution in [0, 0.1) is 13.8 Å². The standard InChI is InChI=1S/C26H33N5O4S/c1-17-14-18(2)24(28-16-17)29-9-11-30(12-10-29)26(33)22-5-4-20(21-6-8-27-25(21)32)15-23(22)31-19(3)7-13-36(31,34)35/h4-5,14-16,19,21H,6-13H2,1-3H3,(H,27,32)/t19?,21-/m1/s1. The minimum atomic E-state index is -3.54. The van der Waals surface area contributed by atoms with Gasteiger partial charge in [0, 0.05) is 45.0 Å². The summed E-state index contributed by atoms with van der Waals surface area (Å²) in [6, 6.07) is 7.11. The molecule has 2 amide bonds. The lowest BCUT2D eigenvalue weighted by Gasteiger charge is -2.37. The highest BCUT2D eigenvalue weighted by Gasteiger charge is 2.38. The number of anilines is 2. The van der Waals surface area contributed by atoms with E-state index >= 15 is 0 Å². The maximum atomic E-state index is 13.7. The van der Waals surface area contributed by atoms with Crippen LogP contribution in [-0.4, -0.2) is 74.6 Å². The molecule has 1 aromatic carbocycles. The smallest absolute Gasteiger partial charge is 0.256 e. The number of pyridine rings is 1. The molecule has 3 aliphatic heterocycles. The Morgan fingerprint density at radius 1 is 1.08 bits per heavy atom. The summed E-state index contributed by atoms with van der Waals surface area (Å²) in [6.07, 6.45) is 3.02. The lowest BCUT2D eigenvalue weighted by molar-refractivity contribution is -0.120. The second-order valence-corrected chi connectivity index (χ2v) is 12.1. The van der Waals surface area contributed by atoms with E-state index in [1.165, 1.54) is 4.31 Å². The fourth-order valence-electron chi connectivity index (χ4n) is 5.57. The number of carbonyl (C=O) groups excluding carboxylic acids is 2. The average Bonchev–Trinajstić information content (AvgIpc) is 3.40. The number of benzene rings is 1. The highest BCUT2D eigenvalue weighted by atomic mass is 32.2. The van der Waals surface area contributed by atoms with Crippen molar-refractivity contribution in [2.45, 2.75) is 45.6 Å². The molecular formula is C26H33N5O4S. The molecule has 0 saturated carbocycles. The molecule has 192 valence electrons. The number of rotatable bonds is 4. The minimum absolute atomic E-state index is 0.0531. The Kier molecular flexibility index (Phi) is 6.40. The third kappa shape index (κ3) is 4.42. The number of nitrogens with zero attached hydrogens (tertiary/aromatic N) is 4. The number of sulfonamides is 1. The average molecular weight is 512 g/mol. The summed E-state index contributed by atoms with van der Waals surface area (Å²) in [7, 11) is -3.54. The van der Waals surface area contributed by atoms with E-state index in [9.17, 15) is 18.0 Å². The van der Waals surface area contributed by atoms with E-state index in [4.69, 9.17) is 0 Å². The highest BCUT2D eigenvalue weighted by molar-refractivity contribution is 7.93. The predicted octanol–water partition coefficient (Wildman–Crippen LogP) is 2.19. The number of amides is 2. The van der Waals surface area contributed by atoms with Crippen LogP contribution in [0.5, 0.6) is 0 Å². The van der Waals surface area contributed by atoms with Crippen LogP contribution in [0.25, 0.3) is 0 Å². The van der Waals surface area contributed by atoms with Gasteiger partial charge in [0.05, 0.1) is 22.9 Å². The van der Waals surface area contributed by atoms with E-state index in [1.807, 2.05) is 27.0 Å². The topological polar surface area (TPSA) is 103 Å². The quantitative estimate of drug-likeness (QED) is 0.675. The van der Waals surface area contributed by atoms with Crippen LogP contribution in [0.1, 0.15) is 52.7 Å². The van der Waals surface area contributed by atoms with Gasteiger partial charge in [0.1, 0.15) is 5.82 Å². The van der Waals surface area contributed by atoms with Crippen LogP contribution < -0.4 is 14.5 Å². The SMILES string of the molecule is Cc1cnc(N2CCN(C(=O)c3ccc([C@H]4CCNC4=O)cc3N3C(C)CCS3(=O)=O)CC2)c(C)c1. The van der Waals surface area contributed by atoms with E-state index in [0.717, 1.165) is 22.5 Å². The Labute approximate surface area is 212 Å². The number of aryl methyl sites for hydroxylation is 2. The lowest BCUT2D eigenvalue weighted by Crippen LogP contribution is -2.49. The first-order chi connectivity index (χ1) is 17.2. The van der Waals surface area contributed by atoms with Gasteiger partial charge in [-0.3, -0.25) is 13.9 Å². The third-order valence-electron chi connectivity index (χ3n) is 7.49. The van der Waals surface area contributed by atoms with E-state index in [1.54, 1.807) is 23.1 Å². The van der Waals surface area contributed by atoms with E-state index in [0.29, 0.717) is 56.8 Å². The molecule has 3 aliphatic rings. The van der Waals surface area contributed by atoms with Crippen LogP contribution in [0.2, 0.25) is 0 Å². The van der Waals surface area contributed by atoms with Gasteiger partial charge in [0.15, 0.2) is 0 Å². The largest absolute Gasteiger partial charge is 0.356 e. The first-order valence-corrected chi connectivity index (χ1v) is 14.2. The number of carbonyl (C=O) groups is 2. The molecule has 1 N–H and O–H groups in total. The number of aromatic nitrogens is 1. The summed E-state index contributed by atoms with van der Waals surface area (Å²) in [5.74, 6) is 0.410. The Hall–Kier alpha value is -3.14. The zero-order valence-corrected chi connectivity index (χ0v) is 21.8. The van der Waals surface area contributed by atoms with Crippen LogP contribution in [0.3, 0.4) is 0 Å². The molecule has 36 heavy (non-hydrogen) atoms. The molecule has 1 unspecified atom stereocenters. The number of nitrogens with one attached hydrogen (secondary N) is 1. The van der Waals surface area contributed by atoms with Crippen molar-refractivity contribution >= 4 is 33.3 Å². The van der Waals surface area contributed by atoms with Crippen LogP contribution in [0.15, 0.2) is 30.5 Å². The lowest BCUT2D eigenvalue weighted by atomic mass is 9.95. The molecule has 4 heterocycles. The van der Waals surface area contributed by atoms with E-state index in [-0.39, 0.29) is 29.5 Å². The van der Waals surface area contributed by atoms with Gasteiger partial charge < -0.3 is 15.1 Å². The van der Waals surface area contributed by atoms with Crippen molar-refractivity contribution in [2.24, 2.45) is 0 Å². The molecule has 0 aliphatic carbocycles. The second-order valence-electron chi connectivity index (χ2n) is 10.1. The maximum absolute atomic E-state index is 13.7. The zero-order chi connectivity index (χ0) is 25.6. The van der Waals surface area contributed by atoms with Crippen molar-refractivity contribution in [1.82, 2.24) is 15.2 Å². The molecule has 2 atom stereocenters. The van der Waals surface area contributed by atoms with Crippen molar-refractivity contribution in [3.8, 4) is 0 Å². The van der Waals surface area contributed by atoms with Gasteiger partial charge in [-0.2, -0.15) is 0 Å². The molecule has 9 nitrogen and oxygen atoms in total. The third-order valence-corrected chi connectivity index (χ3v) is 9.40. The Balaban J connectivity index is 1.43. The van der Waals surface area contributed by atoms with Crippen molar-refractivity contribution in [3.63, 3.8) is 0 Å². The Morgan fingerprint density at radius 3 is 2.44 bits per heavy atom. The first kappa shape index (κ1) is 24.5. The van der Waals surface area contributed by atoms with Gasteiger partial charge in [0.2, 0.25) is 15.9 Å². The normalized spacial score (nSPS) is 23.8. The summed E-state index contributed by atoms with van der Waals surface area (Å²) in [5.41, 5.74) is 3.73. The summed E-state index contributed by atoms with van der Waals surface area (Å²) < 4.78 is 27.4. The van der Waals surface area contributed by atoms with Crippen molar-refractivity contribution in [1.29, 1.82) is 0 Å². The van der Waals surface area contributed by atoms with Gasteiger partial charge in [0.25, 0.3) is 5.91 Å². The van der Waals surface area contributed by atoms with Crippen LogP contribution in [0.4, 0.5) is 11.5 Å². The van der Waals surface area contributed by atoms with E-state index in [2.05, 4.69) is 21.3 Å². The summed E-state index contributed by atoms with van der Waals surface area (Å²) >= 11 is 0. The molecule has 5 rings (SSSR count). The number of hydrogen-bond acceptors (Lipinski definition) is 6. The predicted molar refractivity (Wildman–Crippen MR) is 139 cm³/mol. The summed E-state index contributed by atoms with van der Waals surface area (Å²) in [5, 5.41) is 2.84. The number of hydrogen-bond donors (Lipinski definition) is 1. The zero-order valence-electron chi connectivity index (χ0n) is 21.0. The molecule has 3 saturated heterocycles. The van der Waals surface area contributed by atoms with Gasteiger partial charge in [-0.05, 0) is 62.4 Å². The monoisotopic (exact) mass is 511 g/mol. The van der Waals surface area contributed by atoms with Crippen LogP contribution in [-0.2, 0) is 14.8 Å². The molecule has 0 spiro atoms. The molecular weight excluding hydrogens is 478 g/mol. The number of piperazine rings is 1. The van der Waals surface area contributed by atoms with E-state index < -0.39 is 10.0 Å². The summed E-state index contributed by atoms with van der Waals surface area (Å²) in [4.78, 5) is 34.6. The van der Waals surface area contributed by atoms with Gasteiger partial charge in [-0.1, -0.05) is 12.1 Å². The molecule has 2 aromatic rings. The first-order valence-electron chi connectivity index (χ1n) is 12.6. The van der Waals surface area contributed by atoms with Gasteiger partial charge in [-0.15, -0.1) is 0 Å². The van der Waals surface area contributed by atoms with Gasteiger partial charge in [-0.25, -0.2) is 13.4 Å². The minimum Gasteiger partial charge on any atom is -0.356 e. The highest BCUT2D eigenvalue weighted by Crippen LogP contribution is 2.36. The maximum Gasteiger partial charge on any atom is 0.256 e. The molecule has 1 aromatic heterocycles. The molecule has 10 heteroatoms. The molecule has 0 radical (unpaired) electrons. The second kappa shape index (κ2) is 9.38. The fraction of sp³-hybridized carbons (Fsp3) is 0.500. The van der Waals surface area contributed by atoms with Crippen molar-refractivity contribution in [2.75, 3.05) is 47.7 Å². The fourth-order valence-corrected chi connectivity index (χ4v) is 7.51. The van der Waals surface area contributed by atoms with Crippen molar-refractivity contribution in [3.05, 3.63) is 52.7 Å². The Bertz CT molecular complexity index is 1300.